The van der Waals surface area contributed by atoms with Gasteiger partial charge in [-0.25, -0.2) is 15.8 Å². The lowest BCUT2D eigenvalue weighted by atomic mass is 9.70. The molecule has 5 heteroatoms. The summed E-state index contributed by atoms with van der Waals surface area (Å²) in [6.07, 6.45) is 5.40. The molecule has 2 aliphatic rings. The van der Waals surface area contributed by atoms with Gasteiger partial charge in [-0.2, -0.15) is 0 Å². The Morgan fingerprint density at radius 1 is 1.37 bits per heavy atom. The average molecular weight is 262 g/mol. The van der Waals surface area contributed by atoms with Crippen LogP contribution in [0.5, 0.6) is 5.88 Å². The molecule has 1 aromatic rings. The fraction of sp³-hybridized carbons (Fsp3) is 0.714. The molecule has 2 saturated carbocycles. The van der Waals surface area contributed by atoms with Crippen molar-refractivity contribution < 1.29 is 4.74 Å². The largest absolute Gasteiger partial charge is 0.474 e. The molecular formula is C14H22N4O. The van der Waals surface area contributed by atoms with Crippen molar-refractivity contribution >= 4 is 5.82 Å². The van der Waals surface area contributed by atoms with Gasteiger partial charge in [-0.15, -0.1) is 0 Å². The minimum Gasteiger partial charge on any atom is -0.474 e. The van der Waals surface area contributed by atoms with E-state index in [1.165, 1.54) is 19.2 Å². The quantitative estimate of drug-likeness (QED) is 0.646. The Hall–Kier alpha value is -1.36. The topological polar surface area (TPSA) is 73.1 Å². The Labute approximate surface area is 113 Å². The third-order valence-corrected chi connectivity index (χ3v) is 5.77. The monoisotopic (exact) mass is 262 g/mol. The molecule has 3 N–H and O–H groups in total. The number of nitrogen functional groups attached to an aromatic ring is 1. The van der Waals surface area contributed by atoms with Crippen LogP contribution < -0.4 is 16.0 Å². The van der Waals surface area contributed by atoms with Gasteiger partial charge in [0, 0.05) is 11.5 Å². The zero-order valence-corrected chi connectivity index (χ0v) is 11.8. The molecule has 0 aromatic carbocycles. The predicted octanol–water partition coefficient (Wildman–Crippen LogP) is 2.36. The van der Waals surface area contributed by atoms with Crippen LogP contribution in [0.2, 0.25) is 0 Å². The van der Waals surface area contributed by atoms with Gasteiger partial charge in [0.2, 0.25) is 5.88 Å². The highest BCUT2D eigenvalue weighted by atomic mass is 16.5. The molecule has 1 heterocycles. The van der Waals surface area contributed by atoms with Crippen LogP contribution >= 0.6 is 0 Å². The average Bonchev–Trinajstić information content (AvgIpc) is 2.72. The standard InChI is InChI=1S/C14H22N4O/c1-13(2)9-4-5-14(13,3)10(6-9)19-12-7-11(18-15)16-8-17-12/h7-10H,4-6,15H2,1-3H3,(H,16,17,18). The maximum absolute atomic E-state index is 6.14. The third-order valence-electron chi connectivity index (χ3n) is 5.77. The van der Waals surface area contributed by atoms with Crippen molar-refractivity contribution in [3.63, 3.8) is 0 Å². The van der Waals surface area contributed by atoms with Crippen molar-refractivity contribution in [2.75, 3.05) is 5.43 Å². The lowest BCUT2D eigenvalue weighted by Crippen LogP contribution is -2.39. The molecule has 3 unspecified atom stereocenters. The molecule has 0 aliphatic heterocycles. The van der Waals surface area contributed by atoms with Crippen molar-refractivity contribution in [3.8, 4) is 5.88 Å². The lowest BCUT2D eigenvalue weighted by molar-refractivity contribution is 0.0273. The number of rotatable bonds is 3. The maximum Gasteiger partial charge on any atom is 0.218 e. The van der Waals surface area contributed by atoms with Gasteiger partial charge < -0.3 is 10.2 Å². The SMILES string of the molecule is CC1(C)C2CCC1(C)C(Oc1cc(NN)ncn1)C2. The molecule has 3 rings (SSSR count). The number of fused-ring (bicyclic) bond motifs is 2. The van der Waals surface area contributed by atoms with Crippen LogP contribution in [0.4, 0.5) is 5.82 Å². The molecule has 104 valence electrons. The number of hydrazine groups is 1. The van der Waals surface area contributed by atoms with E-state index in [-0.39, 0.29) is 11.5 Å². The number of anilines is 1. The summed E-state index contributed by atoms with van der Waals surface area (Å²) in [4.78, 5) is 8.18. The molecule has 2 bridgehead atoms. The first kappa shape index (κ1) is 12.7. The van der Waals surface area contributed by atoms with Crippen LogP contribution in [0, 0.1) is 16.7 Å². The number of hydrogen-bond acceptors (Lipinski definition) is 5. The van der Waals surface area contributed by atoms with E-state index in [9.17, 15) is 0 Å². The molecular weight excluding hydrogens is 240 g/mol. The van der Waals surface area contributed by atoms with Crippen LogP contribution in [0.15, 0.2) is 12.4 Å². The van der Waals surface area contributed by atoms with E-state index in [1.807, 2.05) is 0 Å². The molecule has 2 aliphatic carbocycles. The van der Waals surface area contributed by atoms with E-state index in [0.717, 1.165) is 12.3 Å². The lowest BCUT2D eigenvalue weighted by Gasteiger charge is -2.38. The first-order valence-electron chi connectivity index (χ1n) is 6.93. The number of ether oxygens (including phenoxy) is 1. The van der Waals surface area contributed by atoms with E-state index >= 15 is 0 Å². The highest BCUT2D eigenvalue weighted by molar-refractivity contribution is 5.35. The number of nitrogens with zero attached hydrogens (tertiary/aromatic N) is 2. The minimum absolute atomic E-state index is 0.235. The normalized spacial score (nSPS) is 35.4. The van der Waals surface area contributed by atoms with Crippen molar-refractivity contribution in [2.24, 2.45) is 22.6 Å². The van der Waals surface area contributed by atoms with E-state index in [0.29, 0.717) is 17.1 Å². The highest BCUT2D eigenvalue weighted by Crippen LogP contribution is 2.66. The predicted molar refractivity (Wildman–Crippen MR) is 73.5 cm³/mol. The smallest absolute Gasteiger partial charge is 0.218 e. The molecule has 0 spiro atoms. The molecule has 19 heavy (non-hydrogen) atoms. The highest BCUT2D eigenvalue weighted by Gasteiger charge is 2.62. The van der Waals surface area contributed by atoms with Crippen LogP contribution in [0.25, 0.3) is 0 Å². The summed E-state index contributed by atoms with van der Waals surface area (Å²) in [6.45, 7) is 7.11. The van der Waals surface area contributed by atoms with Crippen LogP contribution in [0.1, 0.15) is 40.0 Å². The number of aromatic nitrogens is 2. The minimum atomic E-state index is 0.235. The summed E-state index contributed by atoms with van der Waals surface area (Å²) >= 11 is 0. The van der Waals surface area contributed by atoms with Crippen molar-refractivity contribution in [1.29, 1.82) is 0 Å². The third kappa shape index (κ3) is 1.71. The van der Waals surface area contributed by atoms with E-state index < -0.39 is 0 Å². The van der Waals surface area contributed by atoms with Crippen molar-refractivity contribution in [3.05, 3.63) is 12.4 Å². The van der Waals surface area contributed by atoms with E-state index in [1.54, 1.807) is 6.07 Å². The Kier molecular flexibility index (Phi) is 2.71. The zero-order valence-electron chi connectivity index (χ0n) is 11.8. The Morgan fingerprint density at radius 3 is 2.74 bits per heavy atom. The molecule has 3 atom stereocenters. The van der Waals surface area contributed by atoms with Crippen LogP contribution in [0.3, 0.4) is 0 Å². The van der Waals surface area contributed by atoms with E-state index in [4.69, 9.17) is 10.6 Å². The van der Waals surface area contributed by atoms with Gasteiger partial charge in [-0.1, -0.05) is 20.8 Å². The summed E-state index contributed by atoms with van der Waals surface area (Å²) in [5, 5.41) is 0. The summed E-state index contributed by atoms with van der Waals surface area (Å²) in [5.41, 5.74) is 3.10. The second-order valence-electron chi connectivity index (χ2n) is 6.60. The van der Waals surface area contributed by atoms with Crippen LogP contribution in [-0.4, -0.2) is 16.1 Å². The molecule has 5 nitrogen and oxygen atoms in total. The summed E-state index contributed by atoms with van der Waals surface area (Å²) in [5.74, 6) is 7.31. The molecule has 1 aromatic heterocycles. The zero-order chi connectivity index (χ0) is 13.7. The first-order valence-corrected chi connectivity index (χ1v) is 6.93. The molecule has 0 amide bonds. The fourth-order valence-corrected chi connectivity index (χ4v) is 3.94. The van der Waals surface area contributed by atoms with Gasteiger partial charge in [-0.05, 0) is 30.6 Å². The molecule has 0 saturated heterocycles. The number of nitrogens with one attached hydrogen (secondary N) is 1. The Bertz CT molecular complexity index is 490. The first-order chi connectivity index (χ1) is 8.97. The Balaban J connectivity index is 1.82. The number of nitrogens with two attached hydrogens (primary N) is 1. The van der Waals surface area contributed by atoms with Gasteiger partial charge in [-0.3, -0.25) is 0 Å². The van der Waals surface area contributed by atoms with E-state index in [2.05, 4.69) is 36.2 Å². The fourth-order valence-electron chi connectivity index (χ4n) is 3.94. The van der Waals surface area contributed by atoms with Gasteiger partial charge in [0.15, 0.2) is 0 Å². The van der Waals surface area contributed by atoms with Crippen molar-refractivity contribution in [1.82, 2.24) is 9.97 Å². The maximum atomic E-state index is 6.14. The van der Waals surface area contributed by atoms with Gasteiger partial charge in [0.25, 0.3) is 0 Å². The molecule has 2 fully saturated rings. The second-order valence-corrected chi connectivity index (χ2v) is 6.60. The second kappa shape index (κ2) is 4.07. The van der Waals surface area contributed by atoms with Gasteiger partial charge >= 0.3 is 0 Å². The summed E-state index contributed by atoms with van der Waals surface area (Å²) in [6, 6.07) is 1.75. The Morgan fingerprint density at radius 2 is 2.16 bits per heavy atom. The van der Waals surface area contributed by atoms with Gasteiger partial charge in [0.1, 0.15) is 18.2 Å². The summed E-state index contributed by atoms with van der Waals surface area (Å²) in [7, 11) is 0. The van der Waals surface area contributed by atoms with Gasteiger partial charge in [0.05, 0.1) is 0 Å². The number of hydrogen-bond donors (Lipinski definition) is 2. The van der Waals surface area contributed by atoms with Crippen LogP contribution in [-0.2, 0) is 0 Å². The summed E-state index contributed by atoms with van der Waals surface area (Å²) < 4.78 is 6.14. The van der Waals surface area contributed by atoms with Crippen molar-refractivity contribution in [2.45, 2.75) is 46.1 Å². The molecule has 0 radical (unpaired) electrons.